The fraction of sp³-hybridized carbons (Fsp3) is 0.667. The summed E-state index contributed by atoms with van der Waals surface area (Å²) < 4.78 is 5.26. The zero-order valence-corrected chi connectivity index (χ0v) is 17.5. The molecule has 0 N–H and O–H groups in total. The number of hydrogen-bond acceptors (Lipinski definition) is 4. The van der Waals surface area contributed by atoms with Gasteiger partial charge in [-0.15, -0.1) is 0 Å². The zero-order valence-electron chi connectivity index (χ0n) is 15.8. The van der Waals surface area contributed by atoms with Crippen LogP contribution in [-0.4, -0.2) is 42.0 Å². The highest BCUT2D eigenvalue weighted by Crippen LogP contribution is 2.40. The van der Waals surface area contributed by atoms with E-state index in [9.17, 15) is 4.79 Å². The summed E-state index contributed by atoms with van der Waals surface area (Å²) in [6.07, 6.45) is 9.10. The van der Waals surface area contributed by atoms with Crippen LogP contribution in [0.4, 0.5) is 0 Å². The SMILES string of the molecule is COc1ccc([C@@H]2CCCCN(C(=O)CCCC[C@@H]3CCSS3)C2)cc1. The van der Waals surface area contributed by atoms with Gasteiger partial charge >= 0.3 is 0 Å². The molecule has 26 heavy (non-hydrogen) atoms. The number of unbranched alkanes of at least 4 members (excludes halogenated alkanes) is 1. The first kappa shape index (κ1) is 19.9. The Morgan fingerprint density at radius 3 is 2.77 bits per heavy atom. The molecule has 144 valence electrons. The molecule has 0 unspecified atom stereocenters. The first-order chi connectivity index (χ1) is 12.8. The van der Waals surface area contributed by atoms with E-state index in [1.807, 2.05) is 33.7 Å². The minimum absolute atomic E-state index is 0.360. The highest BCUT2D eigenvalue weighted by atomic mass is 33.1. The number of amides is 1. The second kappa shape index (κ2) is 10.5. The first-order valence-corrected chi connectivity index (χ1v) is 12.3. The molecular formula is C21H31NO2S2. The summed E-state index contributed by atoms with van der Waals surface area (Å²) in [7, 11) is 5.75. The maximum absolute atomic E-state index is 12.7. The van der Waals surface area contributed by atoms with E-state index in [0.29, 0.717) is 11.8 Å². The number of ether oxygens (including phenoxy) is 1. The van der Waals surface area contributed by atoms with E-state index in [1.54, 1.807) is 7.11 Å². The summed E-state index contributed by atoms with van der Waals surface area (Å²) in [6.45, 7) is 1.81. The smallest absolute Gasteiger partial charge is 0.222 e. The van der Waals surface area contributed by atoms with Gasteiger partial charge in [-0.2, -0.15) is 0 Å². The molecular weight excluding hydrogens is 362 g/mol. The Morgan fingerprint density at radius 2 is 2.04 bits per heavy atom. The van der Waals surface area contributed by atoms with Crippen LogP contribution in [0.1, 0.15) is 62.8 Å². The van der Waals surface area contributed by atoms with Gasteiger partial charge in [0.2, 0.25) is 5.91 Å². The van der Waals surface area contributed by atoms with Gasteiger partial charge in [-0.05, 0) is 49.8 Å². The Morgan fingerprint density at radius 1 is 1.19 bits per heavy atom. The van der Waals surface area contributed by atoms with E-state index in [-0.39, 0.29) is 0 Å². The number of nitrogens with zero attached hydrogens (tertiary/aromatic N) is 1. The minimum Gasteiger partial charge on any atom is -0.497 e. The Bertz CT molecular complexity index is 558. The second-order valence-corrected chi connectivity index (χ2v) is 10.2. The average Bonchev–Trinajstić information content (AvgIpc) is 3.07. The predicted octanol–water partition coefficient (Wildman–Crippen LogP) is 5.51. The van der Waals surface area contributed by atoms with Crippen LogP contribution >= 0.6 is 21.6 Å². The third-order valence-corrected chi connectivity index (χ3v) is 8.51. The molecule has 1 aromatic rings. The third kappa shape index (κ3) is 5.85. The molecule has 0 bridgehead atoms. The molecule has 2 aliphatic rings. The van der Waals surface area contributed by atoms with Crippen molar-refractivity contribution in [3.8, 4) is 5.75 Å². The predicted molar refractivity (Wildman–Crippen MR) is 113 cm³/mol. The summed E-state index contributed by atoms with van der Waals surface area (Å²) in [5.41, 5.74) is 1.33. The van der Waals surface area contributed by atoms with Crippen LogP contribution in [0.5, 0.6) is 5.75 Å². The lowest BCUT2D eigenvalue weighted by Crippen LogP contribution is -2.33. The number of carbonyl (C=O) groups is 1. The van der Waals surface area contributed by atoms with E-state index in [4.69, 9.17) is 4.74 Å². The van der Waals surface area contributed by atoms with Gasteiger partial charge in [-0.3, -0.25) is 4.79 Å². The average molecular weight is 394 g/mol. The molecule has 0 aliphatic carbocycles. The molecule has 2 heterocycles. The van der Waals surface area contributed by atoms with Crippen molar-refractivity contribution in [3.63, 3.8) is 0 Å². The largest absolute Gasteiger partial charge is 0.497 e. The van der Waals surface area contributed by atoms with Crippen LogP contribution in [-0.2, 0) is 4.79 Å². The van der Waals surface area contributed by atoms with Crippen LogP contribution in [0, 0.1) is 0 Å². The van der Waals surface area contributed by atoms with E-state index in [1.165, 1.54) is 43.4 Å². The monoisotopic (exact) mass is 393 g/mol. The van der Waals surface area contributed by atoms with Gasteiger partial charge in [0.1, 0.15) is 5.75 Å². The molecule has 0 spiro atoms. The first-order valence-electron chi connectivity index (χ1n) is 9.96. The Kier molecular flexibility index (Phi) is 8.06. The van der Waals surface area contributed by atoms with Crippen molar-refractivity contribution in [2.75, 3.05) is 26.0 Å². The van der Waals surface area contributed by atoms with Crippen molar-refractivity contribution in [2.24, 2.45) is 0 Å². The van der Waals surface area contributed by atoms with Gasteiger partial charge in [-0.1, -0.05) is 46.6 Å². The van der Waals surface area contributed by atoms with E-state index in [0.717, 1.165) is 43.4 Å². The number of hydrogen-bond donors (Lipinski definition) is 0. The van der Waals surface area contributed by atoms with Crippen LogP contribution in [0.2, 0.25) is 0 Å². The maximum Gasteiger partial charge on any atom is 0.222 e. The minimum atomic E-state index is 0.360. The molecule has 0 aromatic heterocycles. The van der Waals surface area contributed by atoms with Gasteiger partial charge in [0.15, 0.2) is 0 Å². The molecule has 1 aromatic carbocycles. The number of methoxy groups -OCH3 is 1. The van der Waals surface area contributed by atoms with Crippen molar-refractivity contribution < 1.29 is 9.53 Å². The molecule has 2 saturated heterocycles. The molecule has 5 heteroatoms. The van der Waals surface area contributed by atoms with E-state index < -0.39 is 0 Å². The lowest BCUT2D eigenvalue weighted by atomic mass is 9.94. The van der Waals surface area contributed by atoms with Crippen LogP contribution < -0.4 is 4.74 Å². The molecule has 2 fully saturated rings. The summed E-state index contributed by atoms with van der Waals surface area (Å²) in [5.74, 6) is 3.02. The lowest BCUT2D eigenvalue weighted by Gasteiger charge is -2.25. The molecule has 2 atom stereocenters. The van der Waals surface area contributed by atoms with Crippen LogP contribution in [0.25, 0.3) is 0 Å². The topological polar surface area (TPSA) is 29.5 Å². The Balaban J connectivity index is 1.47. The van der Waals surface area contributed by atoms with Crippen molar-refractivity contribution in [3.05, 3.63) is 29.8 Å². The van der Waals surface area contributed by atoms with Crippen LogP contribution in [0.3, 0.4) is 0 Å². The van der Waals surface area contributed by atoms with E-state index in [2.05, 4.69) is 17.0 Å². The van der Waals surface area contributed by atoms with Gasteiger partial charge in [0.25, 0.3) is 0 Å². The molecule has 3 rings (SSSR count). The fourth-order valence-electron chi connectivity index (χ4n) is 3.89. The quantitative estimate of drug-likeness (QED) is 0.451. The lowest BCUT2D eigenvalue weighted by molar-refractivity contribution is -0.131. The summed E-state index contributed by atoms with van der Waals surface area (Å²) in [4.78, 5) is 14.8. The number of rotatable bonds is 7. The zero-order chi connectivity index (χ0) is 18.2. The number of likely N-dealkylation sites (tertiary alicyclic amines) is 1. The fourth-order valence-corrected chi connectivity index (χ4v) is 6.92. The standard InChI is InChI=1S/C21H31NO2S2/c1-24-19-11-9-17(10-12-19)18-6-4-5-14-22(16-18)21(23)8-3-2-7-20-13-15-25-26-20/h9-12,18,20H,2-8,13-16H2,1H3/t18-,20-/m1/s1. The Hall–Kier alpha value is -0.810. The number of benzene rings is 1. The van der Waals surface area contributed by atoms with Gasteiger partial charge < -0.3 is 9.64 Å². The third-order valence-electron chi connectivity index (χ3n) is 5.51. The highest BCUT2D eigenvalue weighted by Gasteiger charge is 2.23. The van der Waals surface area contributed by atoms with Crippen molar-refractivity contribution in [2.45, 2.75) is 62.5 Å². The molecule has 0 radical (unpaired) electrons. The van der Waals surface area contributed by atoms with Crippen molar-refractivity contribution in [1.82, 2.24) is 4.90 Å². The normalized spacial score (nSPS) is 23.7. The summed E-state index contributed by atoms with van der Waals surface area (Å²) in [5, 5.41) is 0.827. The van der Waals surface area contributed by atoms with Crippen molar-refractivity contribution in [1.29, 1.82) is 0 Å². The van der Waals surface area contributed by atoms with Gasteiger partial charge in [-0.25, -0.2) is 0 Å². The number of carbonyl (C=O) groups excluding carboxylic acids is 1. The highest BCUT2D eigenvalue weighted by molar-refractivity contribution is 8.77. The second-order valence-electron chi connectivity index (χ2n) is 7.38. The van der Waals surface area contributed by atoms with Crippen molar-refractivity contribution >= 4 is 27.5 Å². The van der Waals surface area contributed by atoms with Gasteiger partial charge in [0, 0.05) is 36.4 Å². The molecule has 0 saturated carbocycles. The summed E-state index contributed by atoms with van der Waals surface area (Å²) in [6, 6.07) is 8.39. The maximum atomic E-state index is 12.7. The Labute approximate surface area is 166 Å². The van der Waals surface area contributed by atoms with Crippen LogP contribution in [0.15, 0.2) is 24.3 Å². The summed E-state index contributed by atoms with van der Waals surface area (Å²) >= 11 is 0. The van der Waals surface area contributed by atoms with E-state index >= 15 is 0 Å². The molecule has 1 amide bonds. The molecule has 3 nitrogen and oxygen atoms in total. The molecule has 2 aliphatic heterocycles. The van der Waals surface area contributed by atoms with Gasteiger partial charge in [0.05, 0.1) is 7.11 Å².